The number of carbonyl (C=O) groups excluding carboxylic acids is 5. The highest BCUT2D eigenvalue weighted by Gasteiger charge is 2.36. The van der Waals surface area contributed by atoms with Gasteiger partial charge in [0, 0.05) is 37.9 Å². The molecule has 1 saturated heterocycles. The van der Waals surface area contributed by atoms with Gasteiger partial charge in [0.15, 0.2) is 6.10 Å². The highest BCUT2D eigenvalue weighted by Crippen LogP contribution is 2.31. The number of esters is 2. The molecule has 300 valence electrons. The zero-order chi connectivity index (χ0) is 39.9. The van der Waals surface area contributed by atoms with E-state index in [-0.39, 0.29) is 60.5 Å². The molecule has 2 heterocycles. The number of hydrogen-bond donors (Lipinski definition) is 2. The van der Waals surface area contributed by atoms with Gasteiger partial charge >= 0.3 is 11.9 Å². The number of nitrogens with one attached hydrogen (secondary N) is 2. The van der Waals surface area contributed by atoms with Crippen LogP contribution in [0.4, 0.5) is 0 Å². The van der Waals surface area contributed by atoms with Crippen molar-refractivity contribution in [2.24, 2.45) is 17.8 Å². The molecule has 3 amide bonds. The summed E-state index contributed by atoms with van der Waals surface area (Å²) in [7, 11) is 3.67. The molecule has 1 fully saturated rings. The number of hydrogen-bond acceptors (Lipinski definition) is 10. The molecule has 1 aliphatic heterocycles. The molecule has 3 rings (SSSR count). The average molecular weight is 770 g/mol. The number of benzene rings is 1. The molecule has 0 saturated carbocycles. The van der Waals surface area contributed by atoms with Crippen molar-refractivity contribution in [2.45, 2.75) is 130 Å². The third-order valence-electron chi connectivity index (χ3n) is 10.2. The summed E-state index contributed by atoms with van der Waals surface area (Å²) in [4.78, 5) is 74.3. The Hall–Kier alpha value is -3.84. The van der Waals surface area contributed by atoms with Crippen molar-refractivity contribution in [3.63, 3.8) is 0 Å². The fraction of sp³-hybridized carbons (Fsp3) is 0.659. The van der Waals surface area contributed by atoms with Crippen molar-refractivity contribution in [3.8, 4) is 0 Å². The lowest BCUT2D eigenvalue weighted by molar-refractivity contribution is -0.149. The van der Waals surface area contributed by atoms with Crippen LogP contribution in [-0.2, 0) is 35.1 Å². The van der Waals surface area contributed by atoms with E-state index in [1.165, 1.54) is 18.3 Å². The van der Waals surface area contributed by atoms with Crippen LogP contribution in [0.5, 0.6) is 0 Å². The van der Waals surface area contributed by atoms with Crippen LogP contribution >= 0.6 is 11.3 Å². The van der Waals surface area contributed by atoms with Crippen molar-refractivity contribution in [2.75, 3.05) is 27.2 Å². The minimum absolute atomic E-state index is 0.0334. The van der Waals surface area contributed by atoms with Crippen LogP contribution in [0.3, 0.4) is 0 Å². The Morgan fingerprint density at radius 1 is 1.00 bits per heavy atom. The molecule has 12 nitrogen and oxygen atoms in total. The minimum atomic E-state index is -0.815. The molecule has 0 radical (unpaired) electrons. The topological polar surface area (TPSA) is 147 Å². The maximum Gasteiger partial charge on any atom is 0.308 e. The van der Waals surface area contributed by atoms with Gasteiger partial charge in [-0.15, -0.1) is 11.3 Å². The van der Waals surface area contributed by atoms with E-state index in [1.807, 2.05) is 56.1 Å². The lowest BCUT2D eigenvalue weighted by atomic mass is 9.94. The molecule has 0 unspecified atom stereocenters. The van der Waals surface area contributed by atoms with Crippen molar-refractivity contribution < 1.29 is 33.4 Å². The Labute approximate surface area is 326 Å². The van der Waals surface area contributed by atoms with Crippen LogP contribution in [-0.4, -0.2) is 95.9 Å². The first-order valence-electron chi connectivity index (χ1n) is 19.5. The molecule has 0 spiro atoms. The largest absolute Gasteiger partial charge is 0.466 e. The van der Waals surface area contributed by atoms with Crippen LogP contribution in [0.25, 0.3) is 0 Å². The molecule has 0 aliphatic carbocycles. The van der Waals surface area contributed by atoms with E-state index in [4.69, 9.17) is 9.47 Å². The van der Waals surface area contributed by atoms with E-state index in [9.17, 15) is 24.0 Å². The molecule has 2 N–H and O–H groups in total. The maximum atomic E-state index is 14.2. The van der Waals surface area contributed by atoms with E-state index in [0.717, 1.165) is 31.4 Å². The molecule has 54 heavy (non-hydrogen) atoms. The number of thiazole rings is 1. The Morgan fingerprint density at radius 3 is 2.30 bits per heavy atom. The Balaban J connectivity index is 1.80. The monoisotopic (exact) mass is 769 g/mol. The fourth-order valence-electron chi connectivity index (χ4n) is 7.01. The zero-order valence-electron chi connectivity index (χ0n) is 33.8. The third-order valence-corrected chi connectivity index (χ3v) is 11.1. The van der Waals surface area contributed by atoms with Gasteiger partial charge in [0.05, 0.1) is 18.6 Å². The van der Waals surface area contributed by atoms with Crippen molar-refractivity contribution in [3.05, 3.63) is 52.0 Å². The Bertz CT molecular complexity index is 1520. The molecule has 2 aromatic rings. The van der Waals surface area contributed by atoms with Gasteiger partial charge < -0.3 is 25.0 Å². The second-order valence-electron chi connectivity index (χ2n) is 15.4. The van der Waals surface area contributed by atoms with E-state index >= 15 is 0 Å². The van der Waals surface area contributed by atoms with Crippen LogP contribution in [0.1, 0.15) is 121 Å². The second kappa shape index (κ2) is 21.9. The number of amides is 3. The van der Waals surface area contributed by atoms with Crippen molar-refractivity contribution in [1.29, 1.82) is 0 Å². The number of nitrogens with zero attached hydrogens (tertiary/aromatic N) is 3. The predicted molar refractivity (Wildman–Crippen MR) is 211 cm³/mol. The molecule has 1 aromatic heterocycles. The molecule has 1 aliphatic rings. The molecular weight excluding hydrogens is 707 g/mol. The van der Waals surface area contributed by atoms with Gasteiger partial charge in [-0.3, -0.25) is 28.9 Å². The summed E-state index contributed by atoms with van der Waals surface area (Å²) < 4.78 is 11.0. The summed E-state index contributed by atoms with van der Waals surface area (Å²) in [5.74, 6) is -1.63. The van der Waals surface area contributed by atoms with E-state index in [1.54, 1.807) is 31.2 Å². The van der Waals surface area contributed by atoms with Gasteiger partial charge in [0.1, 0.15) is 16.7 Å². The van der Waals surface area contributed by atoms with Crippen molar-refractivity contribution >= 4 is 41.0 Å². The average Bonchev–Trinajstić information content (AvgIpc) is 3.80. The van der Waals surface area contributed by atoms with E-state index in [0.29, 0.717) is 36.6 Å². The number of aryl methyl sites for hydroxylation is 1. The van der Waals surface area contributed by atoms with Crippen LogP contribution in [0, 0.1) is 17.8 Å². The fourth-order valence-corrected chi connectivity index (χ4v) is 7.85. The highest BCUT2D eigenvalue weighted by atomic mass is 32.1. The number of rotatable bonds is 21. The summed E-state index contributed by atoms with van der Waals surface area (Å²) in [6.07, 6.45) is 4.14. The summed E-state index contributed by atoms with van der Waals surface area (Å²) in [6, 6.07) is 8.31. The highest BCUT2D eigenvalue weighted by molar-refractivity contribution is 7.09. The van der Waals surface area contributed by atoms with Gasteiger partial charge in [0.25, 0.3) is 5.91 Å². The lowest BCUT2D eigenvalue weighted by Crippen LogP contribution is -2.54. The van der Waals surface area contributed by atoms with Crippen LogP contribution in [0.2, 0.25) is 0 Å². The third kappa shape index (κ3) is 13.8. The van der Waals surface area contributed by atoms with Crippen LogP contribution < -0.4 is 10.6 Å². The predicted octanol–water partition coefficient (Wildman–Crippen LogP) is 5.96. The summed E-state index contributed by atoms with van der Waals surface area (Å²) in [5, 5.41) is 8.24. The van der Waals surface area contributed by atoms with E-state index in [2.05, 4.69) is 29.5 Å². The first kappa shape index (κ1) is 44.6. The van der Waals surface area contributed by atoms with Gasteiger partial charge in [0.2, 0.25) is 11.8 Å². The van der Waals surface area contributed by atoms with Crippen molar-refractivity contribution in [1.82, 2.24) is 25.4 Å². The van der Waals surface area contributed by atoms with Crippen LogP contribution in [0.15, 0.2) is 35.7 Å². The summed E-state index contributed by atoms with van der Waals surface area (Å²) >= 11 is 1.22. The number of ether oxygens (including phenoxy) is 2. The zero-order valence-corrected chi connectivity index (χ0v) is 34.6. The van der Waals surface area contributed by atoms with E-state index < -0.39 is 29.9 Å². The summed E-state index contributed by atoms with van der Waals surface area (Å²) in [5.41, 5.74) is 1.30. The normalized spacial score (nSPS) is 17.4. The maximum absolute atomic E-state index is 14.2. The first-order chi connectivity index (χ1) is 25.6. The molecule has 0 bridgehead atoms. The number of aromatic nitrogens is 1. The second-order valence-corrected chi connectivity index (χ2v) is 16.3. The Morgan fingerprint density at radius 2 is 1.70 bits per heavy atom. The molecule has 6 atom stereocenters. The number of likely N-dealkylation sites (N-methyl/N-ethyl adjacent to an activating group) is 2. The molecular formula is C41H63N5O7S. The summed E-state index contributed by atoms with van der Waals surface area (Å²) in [6.45, 7) is 14.2. The molecule has 13 heteroatoms. The number of carbonyl (C=O) groups is 5. The van der Waals surface area contributed by atoms with Gasteiger partial charge in [-0.2, -0.15) is 0 Å². The lowest BCUT2D eigenvalue weighted by Gasteiger charge is -2.36. The SMILES string of the molecule is CCOC(=O)[C@@H](C)C[C@H](CCc1ccccc1)NC(=O)c1csc([C@@H](C[C@H](C(C)C)N(C)C(=O)[C@H](CCC(C)C)NC(=O)[C@H]2CCCN2C)OC(C)=O)n1. The van der Waals surface area contributed by atoms with Gasteiger partial charge in [-0.25, -0.2) is 4.98 Å². The first-order valence-corrected chi connectivity index (χ1v) is 20.4. The van der Waals surface area contributed by atoms with Gasteiger partial charge in [-0.05, 0) is 82.9 Å². The Kier molecular flexibility index (Phi) is 18.1. The number of likely N-dealkylation sites (tertiary alicyclic amines) is 1. The van der Waals surface area contributed by atoms with Gasteiger partial charge in [-0.1, -0.05) is 65.0 Å². The smallest absolute Gasteiger partial charge is 0.308 e. The minimum Gasteiger partial charge on any atom is -0.466 e. The quantitative estimate of drug-likeness (QED) is 0.147. The standard InChI is InChI=1S/C41H63N5O7S/c1-10-52-41(51)28(6)23-31(20-19-30-15-12-11-13-16-30)42-37(48)33-25-54-39(44-33)36(53-29(7)47)24-35(27(4)5)46(9)40(50)32(21-18-26(2)3)43-38(49)34-17-14-22-45(34)8/h11-13,15-16,25-28,31-32,34-36H,10,14,17-24H2,1-9H3,(H,42,48)(H,43,49)/t28-,31-,32-,34+,35+,36+/m0/s1. The molecule has 1 aromatic carbocycles.